The molecule has 0 spiro atoms. The fraction of sp³-hybridized carbons (Fsp3) is 0.294. The number of benzene rings is 1. The number of aromatic amines is 1. The number of H-pyrrole nitrogens is 1. The Balaban J connectivity index is 2.05. The Hall–Kier alpha value is -2.21. The Morgan fingerprint density at radius 2 is 1.96 bits per heavy atom. The van der Waals surface area contributed by atoms with Crippen LogP contribution in [0.4, 0.5) is 0 Å². The standard InChI is InChI=1S/C17H19N3O2S/c1-9-8-18-14(10(2)15(9)22-4)16(23)17-19-12-6-5-11(21-3)7-13(12)20-17/h5-8,16,23H,1-4H3,(H,19,20). The summed E-state index contributed by atoms with van der Waals surface area (Å²) in [5.74, 6) is 2.36. The van der Waals surface area contributed by atoms with E-state index in [-0.39, 0.29) is 5.25 Å². The van der Waals surface area contributed by atoms with Crippen LogP contribution in [0.5, 0.6) is 11.5 Å². The van der Waals surface area contributed by atoms with Gasteiger partial charge in [0.05, 0.1) is 30.9 Å². The van der Waals surface area contributed by atoms with Crippen molar-refractivity contribution in [1.29, 1.82) is 0 Å². The van der Waals surface area contributed by atoms with E-state index in [4.69, 9.17) is 22.1 Å². The van der Waals surface area contributed by atoms with Gasteiger partial charge in [-0.05, 0) is 26.0 Å². The van der Waals surface area contributed by atoms with Gasteiger partial charge in [0.25, 0.3) is 0 Å². The highest BCUT2D eigenvalue weighted by atomic mass is 32.1. The Morgan fingerprint density at radius 3 is 2.65 bits per heavy atom. The third kappa shape index (κ3) is 2.74. The normalized spacial score (nSPS) is 12.4. The number of hydrogen-bond acceptors (Lipinski definition) is 5. The monoisotopic (exact) mass is 329 g/mol. The molecule has 0 saturated carbocycles. The molecule has 2 aromatic heterocycles. The number of methoxy groups -OCH3 is 2. The predicted octanol–water partition coefficient (Wildman–Crippen LogP) is 3.61. The van der Waals surface area contributed by atoms with Crippen LogP contribution < -0.4 is 9.47 Å². The molecule has 2 heterocycles. The second-order valence-corrected chi connectivity index (χ2v) is 5.91. The molecular formula is C17H19N3O2S. The van der Waals surface area contributed by atoms with E-state index in [1.165, 1.54) is 0 Å². The maximum atomic E-state index is 5.47. The molecule has 1 unspecified atom stereocenters. The minimum atomic E-state index is -0.261. The van der Waals surface area contributed by atoms with Crippen LogP contribution in [0.1, 0.15) is 27.9 Å². The summed E-state index contributed by atoms with van der Waals surface area (Å²) in [5.41, 5.74) is 4.60. The first-order valence-corrected chi connectivity index (χ1v) is 7.78. The van der Waals surface area contributed by atoms with Crippen LogP contribution in [0.15, 0.2) is 24.4 Å². The van der Waals surface area contributed by atoms with E-state index in [1.807, 2.05) is 32.0 Å². The molecule has 0 bridgehead atoms. The lowest BCUT2D eigenvalue weighted by atomic mass is 10.1. The van der Waals surface area contributed by atoms with E-state index in [0.717, 1.165) is 45.2 Å². The lowest BCUT2D eigenvalue weighted by molar-refractivity contribution is 0.407. The molecule has 0 aliphatic carbocycles. The van der Waals surface area contributed by atoms with Crippen LogP contribution in [0.2, 0.25) is 0 Å². The van der Waals surface area contributed by atoms with E-state index in [1.54, 1.807) is 20.4 Å². The molecule has 1 aromatic carbocycles. The number of nitrogens with one attached hydrogen (secondary N) is 1. The highest BCUT2D eigenvalue weighted by Crippen LogP contribution is 2.34. The van der Waals surface area contributed by atoms with Crippen molar-refractivity contribution >= 4 is 23.7 Å². The largest absolute Gasteiger partial charge is 0.497 e. The summed E-state index contributed by atoms with van der Waals surface area (Å²) >= 11 is 4.72. The van der Waals surface area contributed by atoms with Crippen LogP contribution in [-0.4, -0.2) is 29.2 Å². The molecule has 3 aromatic rings. The number of fused-ring (bicyclic) bond motifs is 1. The number of pyridine rings is 1. The third-order valence-corrected chi connectivity index (χ3v) is 4.40. The number of nitrogens with zero attached hydrogens (tertiary/aromatic N) is 2. The minimum Gasteiger partial charge on any atom is -0.497 e. The van der Waals surface area contributed by atoms with Crippen molar-refractivity contribution in [1.82, 2.24) is 15.0 Å². The lowest BCUT2D eigenvalue weighted by Gasteiger charge is -2.15. The molecule has 1 atom stereocenters. The minimum absolute atomic E-state index is 0.261. The second kappa shape index (κ2) is 6.12. The van der Waals surface area contributed by atoms with E-state index in [0.29, 0.717) is 0 Å². The fourth-order valence-electron chi connectivity index (χ4n) is 2.71. The van der Waals surface area contributed by atoms with Gasteiger partial charge in [-0.25, -0.2) is 4.98 Å². The quantitative estimate of drug-likeness (QED) is 0.718. The Labute approximate surface area is 140 Å². The smallest absolute Gasteiger partial charge is 0.128 e. The second-order valence-electron chi connectivity index (χ2n) is 5.39. The van der Waals surface area contributed by atoms with Crippen molar-refractivity contribution in [2.45, 2.75) is 19.1 Å². The molecule has 0 radical (unpaired) electrons. The molecule has 0 aliphatic rings. The van der Waals surface area contributed by atoms with Crippen molar-refractivity contribution < 1.29 is 9.47 Å². The van der Waals surface area contributed by atoms with E-state index in [9.17, 15) is 0 Å². The maximum Gasteiger partial charge on any atom is 0.128 e. The van der Waals surface area contributed by atoms with Crippen molar-refractivity contribution in [3.63, 3.8) is 0 Å². The number of aryl methyl sites for hydroxylation is 1. The van der Waals surface area contributed by atoms with Crippen molar-refractivity contribution in [2.75, 3.05) is 14.2 Å². The summed E-state index contributed by atoms with van der Waals surface area (Å²) in [4.78, 5) is 12.5. The Kier molecular flexibility index (Phi) is 4.17. The van der Waals surface area contributed by atoms with Gasteiger partial charge in [0.1, 0.15) is 22.6 Å². The number of ether oxygens (including phenoxy) is 2. The van der Waals surface area contributed by atoms with Crippen molar-refractivity contribution in [3.05, 3.63) is 47.0 Å². The molecule has 1 N–H and O–H groups in total. The molecule has 0 aliphatic heterocycles. The van der Waals surface area contributed by atoms with Gasteiger partial charge < -0.3 is 14.5 Å². The number of hydrogen-bond donors (Lipinski definition) is 2. The molecule has 23 heavy (non-hydrogen) atoms. The summed E-state index contributed by atoms with van der Waals surface area (Å²) in [7, 11) is 3.31. The van der Waals surface area contributed by atoms with Gasteiger partial charge in [-0.1, -0.05) is 0 Å². The fourth-order valence-corrected chi connectivity index (χ4v) is 3.10. The molecule has 0 amide bonds. The Bertz CT molecular complexity index is 860. The van der Waals surface area contributed by atoms with Gasteiger partial charge in [-0.3, -0.25) is 4.98 Å². The Morgan fingerprint density at radius 1 is 1.17 bits per heavy atom. The highest BCUT2D eigenvalue weighted by molar-refractivity contribution is 7.80. The number of rotatable bonds is 4. The van der Waals surface area contributed by atoms with Gasteiger partial charge in [-0.15, -0.1) is 0 Å². The van der Waals surface area contributed by atoms with Gasteiger partial charge in [-0.2, -0.15) is 12.6 Å². The van der Waals surface area contributed by atoms with Crippen LogP contribution in [0.25, 0.3) is 11.0 Å². The first-order valence-electron chi connectivity index (χ1n) is 7.27. The third-order valence-electron chi connectivity index (χ3n) is 3.91. The average molecular weight is 329 g/mol. The van der Waals surface area contributed by atoms with Gasteiger partial charge in [0, 0.05) is 23.4 Å². The molecule has 5 nitrogen and oxygen atoms in total. The van der Waals surface area contributed by atoms with Crippen molar-refractivity contribution in [2.24, 2.45) is 0 Å². The van der Waals surface area contributed by atoms with Crippen LogP contribution >= 0.6 is 12.6 Å². The lowest BCUT2D eigenvalue weighted by Crippen LogP contribution is -2.04. The maximum absolute atomic E-state index is 5.47. The van der Waals surface area contributed by atoms with Gasteiger partial charge in [0.2, 0.25) is 0 Å². The van der Waals surface area contributed by atoms with Crippen LogP contribution in [0.3, 0.4) is 0 Å². The van der Waals surface area contributed by atoms with E-state index >= 15 is 0 Å². The van der Waals surface area contributed by atoms with Gasteiger partial charge in [0.15, 0.2) is 0 Å². The molecule has 3 rings (SSSR count). The first-order chi connectivity index (χ1) is 11.0. The van der Waals surface area contributed by atoms with E-state index < -0.39 is 0 Å². The molecular weight excluding hydrogens is 310 g/mol. The zero-order valence-corrected chi connectivity index (χ0v) is 14.4. The zero-order chi connectivity index (χ0) is 16.6. The number of aromatic nitrogens is 3. The molecule has 0 saturated heterocycles. The van der Waals surface area contributed by atoms with Crippen molar-refractivity contribution in [3.8, 4) is 11.5 Å². The molecule has 120 valence electrons. The average Bonchev–Trinajstić information content (AvgIpc) is 2.97. The summed E-state index contributed by atoms with van der Waals surface area (Å²) < 4.78 is 10.7. The SMILES string of the molecule is COc1ccc2[nH]c(C(S)c3ncc(C)c(OC)c3C)nc2c1. The first kappa shape index (κ1) is 15.7. The number of imidazole rings is 1. The summed E-state index contributed by atoms with van der Waals surface area (Å²) in [6.07, 6.45) is 1.80. The number of thiol groups is 1. The predicted molar refractivity (Wildman–Crippen MR) is 93.7 cm³/mol. The summed E-state index contributed by atoms with van der Waals surface area (Å²) in [5, 5.41) is -0.261. The van der Waals surface area contributed by atoms with Crippen LogP contribution in [-0.2, 0) is 0 Å². The highest BCUT2D eigenvalue weighted by Gasteiger charge is 2.20. The van der Waals surface area contributed by atoms with Crippen LogP contribution in [0, 0.1) is 13.8 Å². The topological polar surface area (TPSA) is 60.0 Å². The molecule has 6 heteroatoms. The summed E-state index contributed by atoms with van der Waals surface area (Å²) in [6.45, 7) is 3.96. The summed E-state index contributed by atoms with van der Waals surface area (Å²) in [6, 6.07) is 5.74. The van der Waals surface area contributed by atoms with Gasteiger partial charge >= 0.3 is 0 Å². The van der Waals surface area contributed by atoms with E-state index in [2.05, 4.69) is 15.0 Å². The zero-order valence-electron chi connectivity index (χ0n) is 13.5. The molecule has 0 fully saturated rings.